The lowest BCUT2D eigenvalue weighted by molar-refractivity contribution is -0.120. The zero-order chi connectivity index (χ0) is 27.6. The van der Waals surface area contributed by atoms with Crippen molar-refractivity contribution in [3.05, 3.63) is 58.4 Å². The van der Waals surface area contributed by atoms with E-state index in [1.54, 1.807) is 0 Å². The molecule has 1 aliphatic rings. The Bertz CT molecular complexity index is 1540. The predicted octanol–water partition coefficient (Wildman–Crippen LogP) is 7.72. The highest BCUT2D eigenvalue weighted by Crippen LogP contribution is 2.43. The van der Waals surface area contributed by atoms with Crippen LogP contribution >= 0.6 is 0 Å². The number of para-hydroxylation sites is 1. The summed E-state index contributed by atoms with van der Waals surface area (Å²) in [5.41, 5.74) is 2.46. The maximum absolute atomic E-state index is 13.3. The van der Waals surface area contributed by atoms with Crippen LogP contribution < -0.4 is 15.7 Å². The molecule has 0 bridgehead atoms. The van der Waals surface area contributed by atoms with Crippen molar-refractivity contribution in [2.24, 2.45) is 5.92 Å². The minimum atomic E-state index is -1.22. The molecule has 0 unspecified atom stereocenters. The van der Waals surface area contributed by atoms with Gasteiger partial charge in [-0.1, -0.05) is 51.0 Å². The summed E-state index contributed by atoms with van der Waals surface area (Å²) in [5.74, 6) is 0.888. The van der Waals surface area contributed by atoms with Gasteiger partial charge >= 0.3 is 5.63 Å². The molecule has 2 heterocycles. The van der Waals surface area contributed by atoms with E-state index in [0.29, 0.717) is 45.9 Å². The molecule has 4 aromatic rings. The van der Waals surface area contributed by atoms with E-state index < -0.39 is 13.7 Å². The second-order valence-electron chi connectivity index (χ2n) is 11.7. The molecule has 1 saturated carbocycles. The number of fused-ring (bicyclic) bond motifs is 2. The average Bonchev–Trinajstić information content (AvgIpc) is 3.25. The number of anilines is 1. The number of nitrogens with one attached hydrogen (secondary N) is 1. The molecule has 8 heteroatoms. The molecule has 7 nitrogen and oxygen atoms in total. The van der Waals surface area contributed by atoms with E-state index in [1.807, 2.05) is 43.3 Å². The summed E-state index contributed by atoms with van der Waals surface area (Å²) in [4.78, 5) is 26.1. The second-order valence-corrected chi connectivity index (χ2v) is 17.3. The summed E-state index contributed by atoms with van der Waals surface area (Å²) in [5, 5.41) is 4.54. The lowest BCUT2D eigenvalue weighted by Gasteiger charge is -2.21. The number of benzene rings is 2. The number of rotatable bonds is 9. The highest BCUT2D eigenvalue weighted by atomic mass is 28.3. The number of carbonyl (C=O) groups excluding carboxylic acids is 1. The molecule has 39 heavy (non-hydrogen) atoms. The van der Waals surface area contributed by atoms with Gasteiger partial charge in [0, 0.05) is 37.6 Å². The smallest absolute Gasteiger partial charge is 0.336 e. The molecule has 5 rings (SSSR count). The number of carbonyl (C=O) groups is 1. The van der Waals surface area contributed by atoms with E-state index in [1.165, 1.54) is 12.5 Å². The number of hydrogen-bond acceptors (Lipinski definition) is 6. The van der Waals surface area contributed by atoms with Crippen LogP contribution in [0.2, 0.25) is 25.7 Å². The fourth-order valence-corrected chi connectivity index (χ4v) is 5.94. The van der Waals surface area contributed by atoms with Crippen LogP contribution in [0.4, 0.5) is 5.69 Å². The van der Waals surface area contributed by atoms with Crippen LogP contribution in [0.15, 0.2) is 56.1 Å². The first kappa shape index (κ1) is 27.2. The fourth-order valence-electron chi connectivity index (χ4n) is 5.18. The van der Waals surface area contributed by atoms with Gasteiger partial charge in [0.2, 0.25) is 5.91 Å². The van der Waals surface area contributed by atoms with Crippen LogP contribution in [0.1, 0.15) is 37.7 Å². The molecule has 206 valence electrons. The van der Waals surface area contributed by atoms with Crippen molar-refractivity contribution in [3.63, 3.8) is 0 Å². The van der Waals surface area contributed by atoms with E-state index in [0.717, 1.165) is 42.7 Å². The maximum atomic E-state index is 13.3. The number of aryl methyl sites for hydroxylation is 1. The molecule has 0 saturated heterocycles. The van der Waals surface area contributed by atoms with Gasteiger partial charge in [-0.2, -0.15) is 0 Å². The average molecular weight is 548 g/mol. The van der Waals surface area contributed by atoms with E-state index >= 15 is 0 Å². The van der Waals surface area contributed by atoms with Crippen molar-refractivity contribution >= 4 is 41.6 Å². The molecule has 1 N–H and O–H groups in total. The summed E-state index contributed by atoms with van der Waals surface area (Å²) in [6, 6.07) is 13.7. The van der Waals surface area contributed by atoms with Gasteiger partial charge in [-0.15, -0.1) is 0 Å². The lowest BCUT2D eigenvalue weighted by atomic mass is 9.88. The Balaban J connectivity index is 1.57. The third kappa shape index (κ3) is 6.28. The Hall–Kier alpha value is -3.36. The Kier molecular flexibility index (Phi) is 7.95. The summed E-state index contributed by atoms with van der Waals surface area (Å²) < 4.78 is 23.8. The van der Waals surface area contributed by atoms with Gasteiger partial charge in [-0.05, 0) is 55.6 Å². The molecule has 0 atom stereocenters. The van der Waals surface area contributed by atoms with Crippen LogP contribution in [0, 0.1) is 12.8 Å². The van der Waals surface area contributed by atoms with Gasteiger partial charge in [0.05, 0.1) is 11.1 Å². The van der Waals surface area contributed by atoms with Gasteiger partial charge in [-0.3, -0.25) is 4.79 Å². The van der Waals surface area contributed by atoms with Crippen molar-refractivity contribution < 1.29 is 23.1 Å². The molecule has 0 spiro atoms. The first-order valence-corrected chi connectivity index (χ1v) is 17.5. The van der Waals surface area contributed by atoms with E-state index in [9.17, 15) is 9.59 Å². The van der Waals surface area contributed by atoms with Crippen LogP contribution in [0.5, 0.6) is 5.75 Å². The van der Waals surface area contributed by atoms with Crippen molar-refractivity contribution in [2.75, 3.05) is 18.7 Å². The maximum Gasteiger partial charge on any atom is 0.336 e. The molecular formula is C31H37NO6Si. The van der Waals surface area contributed by atoms with Crippen molar-refractivity contribution in [2.45, 2.75) is 64.7 Å². The molecule has 0 aliphatic heterocycles. The summed E-state index contributed by atoms with van der Waals surface area (Å²) in [6.45, 7) is 9.53. The minimum Gasteiger partial charge on any atom is -0.467 e. The Morgan fingerprint density at radius 1 is 1.03 bits per heavy atom. The third-order valence-electron chi connectivity index (χ3n) is 7.31. The highest BCUT2D eigenvalue weighted by molar-refractivity contribution is 6.76. The van der Waals surface area contributed by atoms with E-state index in [4.69, 9.17) is 18.3 Å². The number of hydrogen-bond donors (Lipinski definition) is 1. The molecule has 2 aromatic carbocycles. The molecule has 1 amide bonds. The van der Waals surface area contributed by atoms with Crippen molar-refractivity contribution in [3.8, 4) is 17.1 Å². The third-order valence-corrected chi connectivity index (χ3v) is 9.01. The summed E-state index contributed by atoms with van der Waals surface area (Å²) in [6.07, 6.45) is 5.04. The van der Waals surface area contributed by atoms with Crippen LogP contribution in [-0.4, -0.2) is 27.4 Å². The quantitative estimate of drug-likeness (QED) is 0.0998. The first-order valence-electron chi connectivity index (χ1n) is 13.8. The highest BCUT2D eigenvalue weighted by Gasteiger charge is 2.27. The lowest BCUT2D eigenvalue weighted by Crippen LogP contribution is -2.24. The Morgan fingerprint density at radius 3 is 2.56 bits per heavy atom. The molecule has 1 fully saturated rings. The van der Waals surface area contributed by atoms with Crippen LogP contribution in [-0.2, 0) is 9.53 Å². The molecular weight excluding hydrogens is 510 g/mol. The Labute approximate surface area is 229 Å². The van der Waals surface area contributed by atoms with Crippen molar-refractivity contribution in [1.29, 1.82) is 0 Å². The summed E-state index contributed by atoms with van der Waals surface area (Å²) in [7, 11) is -1.22. The normalized spacial score (nSPS) is 14.7. The van der Waals surface area contributed by atoms with E-state index in [-0.39, 0.29) is 18.6 Å². The first-order chi connectivity index (χ1) is 18.7. The summed E-state index contributed by atoms with van der Waals surface area (Å²) >= 11 is 0. The zero-order valence-electron chi connectivity index (χ0n) is 23.2. The van der Waals surface area contributed by atoms with Gasteiger partial charge in [-0.25, -0.2) is 4.79 Å². The monoisotopic (exact) mass is 547 g/mol. The van der Waals surface area contributed by atoms with Gasteiger partial charge in [0.15, 0.2) is 12.6 Å². The standard InChI is InChI=1S/C31H37NO6Si/c1-20-16-25(36-19-35-14-15-39(2,3)4)28-23(18-27(33)37-26(28)17-20)30-29(22-12-8-9-13-24(22)38-30)32-31(34)21-10-6-5-7-11-21/h8-9,12-13,16-18,21H,5-7,10-11,14-15,19H2,1-4H3,(H,32,34). The molecule has 1 aliphatic carbocycles. The number of furan rings is 1. The van der Waals surface area contributed by atoms with Crippen LogP contribution in [0.25, 0.3) is 33.3 Å². The van der Waals surface area contributed by atoms with Gasteiger partial charge in [0.1, 0.15) is 16.9 Å². The molecule has 0 radical (unpaired) electrons. The van der Waals surface area contributed by atoms with Gasteiger partial charge in [0.25, 0.3) is 0 Å². The largest absolute Gasteiger partial charge is 0.467 e. The fraction of sp³-hybridized carbons (Fsp3) is 0.419. The minimum absolute atomic E-state index is 0.0158. The number of amides is 1. The van der Waals surface area contributed by atoms with Gasteiger partial charge < -0.3 is 23.6 Å². The Morgan fingerprint density at radius 2 is 1.79 bits per heavy atom. The second kappa shape index (κ2) is 11.4. The zero-order valence-corrected chi connectivity index (χ0v) is 24.2. The van der Waals surface area contributed by atoms with E-state index in [2.05, 4.69) is 25.0 Å². The SMILES string of the molecule is Cc1cc(OCOCC[Si](C)(C)C)c2c(-c3oc4ccccc4c3NC(=O)C3CCCCC3)cc(=O)oc2c1. The topological polar surface area (TPSA) is 90.9 Å². The van der Waals surface area contributed by atoms with Crippen LogP contribution in [0.3, 0.4) is 0 Å². The number of ether oxygens (including phenoxy) is 2. The predicted molar refractivity (Wildman–Crippen MR) is 157 cm³/mol. The van der Waals surface area contributed by atoms with Crippen molar-refractivity contribution in [1.82, 2.24) is 0 Å². The molecule has 2 aromatic heterocycles.